The molecular weight excluding hydrogens is 316 g/mol. The second-order valence-electron chi connectivity index (χ2n) is 5.47. The number of furan rings is 1. The summed E-state index contributed by atoms with van der Waals surface area (Å²) in [5, 5.41) is 12.5. The highest BCUT2D eigenvalue weighted by molar-refractivity contribution is 5.66. The van der Waals surface area contributed by atoms with Crippen LogP contribution in [0.25, 0.3) is 11.5 Å². The van der Waals surface area contributed by atoms with Crippen LogP contribution >= 0.6 is 0 Å². The van der Waals surface area contributed by atoms with Crippen molar-refractivity contribution >= 4 is 5.82 Å². The zero-order valence-electron chi connectivity index (χ0n) is 13.3. The third kappa shape index (κ3) is 2.93. The molecule has 1 N–H and O–H groups in total. The molecule has 3 heterocycles. The molecule has 0 radical (unpaired) electrons. The van der Waals surface area contributed by atoms with Gasteiger partial charge in [-0.15, -0.1) is 0 Å². The normalized spacial score (nSPS) is 10.7. The Morgan fingerprint density at radius 1 is 1.12 bits per heavy atom. The van der Waals surface area contributed by atoms with E-state index < -0.39 is 0 Å². The van der Waals surface area contributed by atoms with Gasteiger partial charge in [0.25, 0.3) is 0 Å². The molecule has 0 bridgehead atoms. The molecule has 7 heteroatoms. The first-order valence-corrected chi connectivity index (χ1v) is 7.75. The Kier molecular flexibility index (Phi) is 3.85. The average Bonchev–Trinajstić information content (AvgIpc) is 3.33. The standard InChI is InChI=1S/C18H14N6O/c19-8-13-4-1-2-5-14(13)10-24-12-23-17(16-18(24)22-11-21-16)20-9-15-6-3-7-25-15/h1-7,11-12,20H,9-10H2. The zero-order valence-corrected chi connectivity index (χ0v) is 13.3. The summed E-state index contributed by atoms with van der Waals surface area (Å²) in [5.41, 5.74) is 2.24. The maximum Gasteiger partial charge on any atom is 0.165 e. The van der Waals surface area contributed by atoms with Crippen LogP contribution in [0, 0.1) is 11.3 Å². The Hall–Kier alpha value is -3.66. The molecule has 7 nitrogen and oxygen atoms in total. The van der Waals surface area contributed by atoms with Crippen LogP contribution in [-0.4, -0.2) is 19.5 Å². The lowest BCUT2D eigenvalue weighted by Gasteiger charge is -2.14. The van der Waals surface area contributed by atoms with Gasteiger partial charge in [0.15, 0.2) is 17.3 Å². The fourth-order valence-electron chi connectivity index (χ4n) is 2.66. The van der Waals surface area contributed by atoms with E-state index in [1.54, 1.807) is 18.7 Å². The molecule has 0 fully saturated rings. The number of nitrogens with one attached hydrogen (secondary N) is 1. The maximum atomic E-state index is 9.25. The summed E-state index contributed by atoms with van der Waals surface area (Å²) in [6, 6.07) is 13.4. The fraction of sp³-hybridized carbons (Fsp3) is 0.111. The fourth-order valence-corrected chi connectivity index (χ4v) is 2.66. The van der Waals surface area contributed by atoms with Crippen LogP contribution in [0.3, 0.4) is 0 Å². The van der Waals surface area contributed by atoms with Crippen molar-refractivity contribution in [1.82, 2.24) is 19.5 Å². The van der Waals surface area contributed by atoms with Crippen molar-refractivity contribution < 1.29 is 4.42 Å². The number of rotatable bonds is 5. The van der Waals surface area contributed by atoms with Crippen LogP contribution in [0.5, 0.6) is 0 Å². The van der Waals surface area contributed by atoms with Crippen LogP contribution in [-0.2, 0) is 13.1 Å². The van der Waals surface area contributed by atoms with E-state index in [-0.39, 0.29) is 0 Å². The third-order valence-electron chi connectivity index (χ3n) is 3.89. The molecule has 0 saturated heterocycles. The van der Waals surface area contributed by atoms with Crippen LogP contribution in [0.4, 0.5) is 5.82 Å². The highest BCUT2D eigenvalue weighted by atomic mass is 16.3. The molecule has 2 aromatic rings. The first-order chi connectivity index (χ1) is 12.3. The van der Waals surface area contributed by atoms with Gasteiger partial charge in [0.1, 0.15) is 12.1 Å². The number of hydrogen-bond donors (Lipinski definition) is 1. The molecule has 0 spiro atoms. The topological polar surface area (TPSA) is 92.6 Å². The third-order valence-corrected chi connectivity index (χ3v) is 3.89. The van der Waals surface area contributed by atoms with Gasteiger partial charge in [0.05, 0.1) is 37.3 Å². The van der Waals surface area contributed by atoms with E-state index in [0.29, 0.717) is 36.0 Å². The van der Waals surface area contributed by atoms with Gasteiger partial charge in [-0.1, -0.05) is 18.2 Å². The average molecular weight is 330 g/mol. The molecule has 0 aliphatic carbocycles. The Balaban J connectivity index is 1.62. The number of anilines is 1. The highest BCUT2D eigenvalue weighted by Gasteiger charge is 2.17. The van der Waals surface area contributed by atoms with Crippen molar-refractivity contribution in [3.05, 3.63) is 72.2 Å². The van der Waals surface area contributed by atoms with Gasteiger partial charge >= 0.3 is 0 Å². The summed E-state index contributed by atoms with van der Waals surface area (Å²) in [5.74, 6) is 2.17. The van der Waals surface area contributed by atoms with Crippen molar-refractivity contribution in [2.45, 2.75) is 13.1 Å². The van der Waals surface area contributed by atoms with Crippen molar-refractivity contribution in [2.24, 2.45) is 0 Å². The van der Waals surface area contributed by atoms with E-state index in [4.69, 9.17) is 4.42 Å². The molecule has 0 saturated carbocycles. The summed E-state index contributed by atoms with van der Waals surface area (Å²) in [6.45, 7) is 1.02. The van der Waals surface area contributed by atoms with Gasteiger partial charge < -0.3 is 14.3 Å². The smallest absolute Gasteiger partial charge is 0.165 e. The Morgan fingerprint density at radius 3 is 2.88 bits per heavy atom. The summed E-state index contributed by atoms with van der Waals surface area (Å²) >= 11 is 0. The molecular formula is C18H14N6O. The SMILES string of the molecule is N#Cc1ccccc1Cn1cnc(NCc2ccco2)c2ncnc1-2. The minimum Gasteiger partial charge on any atom is -0.467 e. The van der Waals surface area contributed by atoms with Crippen LogP contribution in [0.2, 0.25) is 0 Å². The number of hydrogen-bond acceptors (Lipinski definition) is 6. The van der Waals surface area contributed by atoms with E-state index >= 15 is 0 Å². The maximum absolute atomic E-state index is 9.25. The van der Waals surface area contributed by atoms with Crippen LogP contribution < -0.4 is 5.32 Å². The summed E-state index contributed by atoms with van der Waals surface area (Å²) in [4.78, 5) is 13.1. The Bertz CT molecular complexity index is 999. The second kappa shape index (κ2) is 6.45. The lowest BCUT2D eigenvalue weighted by molar-refractivity contribution is 0.517. The molecule has 1 aromatic carbocycles. The summed E-state index contributed by atoms with van der Waals surface area (Å²) in [7, 11) is 0. The van der Waals surface area contributed by atoms with Gasteiger partial charge in [-0.3, -0.25) is 0 Å². The minimum atomic E-state index is 0.504. The van der Waals surface area contributed by atoms with Crippen molar-refractivity contribution in [2.75, 3.05) is 5.32 Å². The van der Waals surface area contributed by atoms with Gasteiger partial charge in [0, 0.05) is 0 Å². The van der Waals surface area contributed by atoms with Crippen LogP contribution in [0.1, 0.15) is 16.9 Å². The monoisotopic (exact) mass is 330 g/mol. The molecule has 4 rings (SSSR count). The van der Waals surface area contributed by atoms with Gasteiger partial charge in [-0.2, -0.15) is 5.26 Å². The van der Waals surface area contributed by atoms with E-state index in [1.807, 2.05) is 34.9 Å². The molecule has 1 aromatic heterocycles. The van der Waals surface area contributed by atoms with Crippen molar-refractivity contribution in [3.8, 4) is 17.6 Å². The number of aromatic nitrogens is 4. The number of nitriles is 1. The largest absolute Gasteiger partial charge is 0.467 e. The Labute approximate surface area is 143 Å². The van der Waals surface area contributed by atoms with E-state index in [2.05, 4.69) is 26.3 Å². The van der Waals surface area contributed by atoms with Crippen molar-refractivity contribution in [1.29, 1.82) is 5.26 Å². The number of imidazole rings is 1. The quantitative estimate of drug-likeness (QED) is 0.605. The van der Waals surface area contributed by atoms with Gasteiger partial charge in [0.2, 0.25) is 0 Å². The summed E-state index contributed by atoms with van der Waals surface area (Å²) in [6.07, 6.45) is 4.85. The molecule has 122 valence electrons. The summed E-state index contributed by atoms with van der Waals surface area (Å²) < 4.78 is 7.20. The number of benzene rings is 1. The first-order valence-electron chi connectivity index (χ1n) is 7.75. The van der Waals surface area contributed by atoms with E-state index in [9.17, 15) is 5.26 Å². The molecule has 25 heavy (non-hydrogen) atoms. The molecule has 0 unspecified atom stereocenters. The van der Waals surface area contributed by atoms with Crippen LogP contribution in [0.15, 0.2) is 59.7 Å². The minimum absolute atomic E-state index is 0.504. The lowest BCUT2D eigenvalue weighted by atomic mass is 10.1. The number of fused-ring (bicyclic) bond motifs is 1. The Morgan fingerprint density at radius 2 is 2.04 bits per heavy atom. The van der Waals surface area contributed by atoms with Gasteiger partial charge in [-0.05, 0) is 23.8 Å². The highest BCUT2D eigenvalue weighted by Crippen LogP contribution is 2.25. The zero-order chi connectivity index (χ0) is 17.1. The molecule has 2 aliphatic rings. The molecule has 2 aliphatic heterocycles. The molecule has 0 atom stereocenters. The second-order valence-corrected chi connectivity index (χ2v) is 5.47. The van der Waals surface area contributed by atoms with E-state index in [0.717, 1.165) is 11.3 Å². The molecule has 0 amide bonds. The van der Waals surface area contributed by atoms with Gasteiger partial charge in [-0.25, -0.2) is 15.0 Å². The first kappa shape index (κ1) is 14.9. The van der Waals surface area contributed by atoms with E-state index in [1.165, 1.54) is 6.33 Å². The lowest BCUT2D eigenvalue weighted by Crippen LogP contribution is -2.11. The number of nitrogens with zero attached hydrogens (tertiary/aromatic N) is 5. The predicted octanol–water partition coefficient (Wildman–Crippen LogP) is 2.90. The van der Waals surface area contributed by atoms with Crippen molar-refractivity contribution in [3.63, 3.8) is 0 Å². The predicted molar refractivity (Wildman–Crippen MR) is 90.7 cm³/mol.